The van der Waals surface area contributed by atoms with Crippen LogP contribution >= 0.6 is 27.3 Å². The van der Waals surface area contributed by atoms with Crippen molar-refractivity contribution in [2.75, 3.05) is 6.54 Å². The molecule has 0 aliphatic rings. The first-order chi connectivity index (χ1) is 9.06. The summed E-state index contributed by atoms with van der Waals surface area (Å²) in [5, 5.41) is 11.5. The number of aromatic nitrogens is 2. The molecule has 2 N–H and O–H groups in total. The predicted octanol–water partition coefficient (Wildman–Crippen LogP) is 1.84. The molecule has 0 unspecified atom stereocenters. The molecular formula is C11H10BrN3O3S. The van der Waals surface area contributed by atoms with Crippen LogP contribution in [0.4, 0.5) is 0 Å². The predicted molar refractivity (Wildman–Crippen MR) is 73.5 cm³/mol. The van der Waals surface area contributed by atoms with E-state index in [2.05, 4.69) is 26.2 Å². The Labute approximate surface area is 121 Å². The van der Waals surface area contributed by atoms with Crippen LogP contribution in [0.1, 0.15) is 20.2 Å². The number of hydrogen-bond acceptors (Lipinski definition) is 4. The smallest absolute Gasteiger partial charge is 0.356 e. The third-order valence-corrected chi connectivity index (χ3v) is 3.93. The standard InChI is InChI=1S/C11H10BrN3O3S/c12-9-2-1-8(19-9)10(16)13-3-4-15-5-7(11(17)18)14-6-15/h1-2,5-6H,3-4H2,(H,13,16)(H,17,18). The maximum atomic E-state index is 11.7. The number of amides is 1. The van der Waals surface area contributed by atoms with Crippen LogP contribution in [0.15, 0.2) is 28.4 Å². The molecule has 0 saturated heterocycles. The lowest BCUT2D eigenvalue weighted by atomic mass is 10.4. The minimum absolute atomic E-state index is 0.00601. The number of thiophene rings is 1. The molecule has 2 aromatic heterocycles. The number of aromatic carboxylic acids is 1. The van der Waals surface area contributed by atoms with E-state index in [0.717, 1.165) is 3.79 Å². The molecule has 8 heteroatoms. The first-order valence-corrected chi connectivity index (χ1v) is 6.96. The maximum absolute atomic E-state index is 11.7. The number of imidazole rings is 1. The summed E-state index contributed by atoms with van der Waals surface area (Å²) in [5.41, 5.74) is -0.00601. The SMILES string of the molecule is O=C(O)c1cn(CCNC(=O)c2ccc(Br)s2)cn1. The van der Waals surface area contributed by atoms with Gasteiger partial charge in [0.2, 0.25) is 0 Å². The molecule has 0 atom stereocenters. The molecule has 0 aliphatic heterocycles. The van der Waals surface area contributed by atoms with E-state index < -0.39 is 5.97 Å². The van der Waals surface area contributed by atoms with Gasteiger partial charge in [0.15, 0.2) is 5.69 Å². The van der Waals surface area contributed by atoms with Crippen molar-refractivity contribution in [2.24, 2.45) is 0 Å². The van der Waals surface area contributed by atoms with E-state index in [1.54, 1.807) is 10.6 Å². The quantitative estimate of drug-likeness (QED) is 0.867. The van der Waals surface area contributed by atoms with Crippen molar-refractivity contribution < 1.29 is 14.7 Å². The summed E-state index contributed by atoms with van der Waals surface area (Å²) in [7, 11) is 0. The maximum Gasteiger partial charge on any atom is 0.356 e. The van der Waals surface area contributed by atoms with Crippen molar-refractivity contribution in [3.05, 3.63) is 39.0 Å². The average molecular weight is 344 g/mol. The van der Waals surface area contributed by atoms with E-state index in [4.69, 9.17) is 5.11 Å². The Balaban J connectivity index is 1.83. The van der Waals surface area contributed by atoms with E-state index in [-0.39, 0.29) is 11.6 Å². The van der Waals surface area contributed by atoms with Crippen LogP contribution in [-0.2, 0) is 6.54 Å². The molecule has 0 aromatic carbocycles. The highest BCUT2D eigenvalue weighted by Gasteiger charge is 2.09. The number of rotatable bonds is 5. The Morgan fingerprint density at radius 2 is 2.26 bits per heavy atom. The number of carbonyl (C=O) groups is 2. The molecule has 0 fully saturated rings. The molecule has 19 heavy (non-hydrogen) atoms. The first kappa shape index (κ1) is 13.8. The summed E-state index contributed by atoms with van der Waals surface area (Å²) >= 11 is 4.65. The summed E-state index contributed by atoms with van der Waals surface area (Å²) in [6.07, 6.45) is 2.85. The lowest BCUT2D eigenvalue weighted by molar-refractivity contribution is 0.0690. The summed E-state index contributed by atoms with van der Waals surface area (Å²) in [6.45, 7) is 0.877. The monoisotopic (exact) mass is 343 g/mol. The van der Waals surface area contributed by atoms with Crippen molar-refractivity contribution in [2.45, 2.75) is 6.54 Å². The second-order valence-corrected chi connectivity index (χ2v) is 6.12. The summed E-state index contributed by atoms with van der Waals surface area (Å²) < 4.78 is 2.52. The number of carbonyl (C=O) groups excluding carboxylic acids is 1. The van der Waals surface area contributed by atoms with Crippen molar-refractivity contribution >= 4 is 39.1 Å². The Kier molecular flexibility index (Phi) is 4.33. The molecule has 1 amide bonds. The fourth-order valence-corrected chi connectivity index (χ4v) is 2.72. The van der Waals surface area contributed by atoms with Gasteiger partial charge < -0.3 is 15.0 Å². The third kappa shape index (κ3) is 3.65. The topological polar surface area (TPSA) is 84.2 Å². The molecule has 0 bridgehead atoms. The van der Waals surface area contributed by atoms with Gasteiger partial charge in [-0.2, -0.15) is 0 Å². The molecule has 0 spiro atoms. The molecule has 0 aliphatic carbocycles. The minimum Gasteiger partial charge on any atom is -0.476 e. The van der Waals surface area contributed by atoms with E-state index in [9.17, 15) is 9.59 Å². The average Bonchev–Trinajstić information content (AvgIpc) is 2.98. The zero-order valence-corrected chi connectivity index (χ0v) is 12.1. The molecule has 0 radical (unpaired) electrons. The number of nitrogens with one attached hydrogen (secondary N) is 1. The Bertz CT molecular complexity index is 608. The van der Waals surface area contributed by atoms with Gasteiger partial charge in [-0.3, -0.25) is 4.79 Å². The van der Waals surface area contributed by atoms with Crippen LogP contribution < -0.4 is 5.32 Å². The summed E-state index contributed by atoms with van der Waals surface area (Å²) in [6, 6.07) is 3.55. The van der Waals surface area contributed by atoms with Gasteiger partial charge in [0.1, 0.15) is 0 Å². The Morgan fingerprint density at radius 1 is 1.47 bits per heavy atom. The number of nitrogens with zero attached hydrogens (tertiary/aromatic N) is 2. The lowest BCUT2D eigenvalue weighted by Crippen LogP contribution is -2.26. The highest BCUT2D eigenvalue weighted by Crippen LogP contribution is 2.21. The van der Waals surface area contributed by atoms with Gasteiger partial charge in [-0.15, -0.1) is 11.3 Å². The largest absolute Gasteiger partial charge is 0.476 e. The van der Waals surface area contributed by atoms with Crippen LogP contribution in [0.25, 0.3) is 0 Å². The Morgan fingerprint density at radius 3 is 2.84 bits per heavy atom. The van der Waals surface area contributed by atoms with Gasteiger partial charge in [0.05, 0.1) is 15.0 Å². The van der Waals surface area contributed by atoms with Gasteiger partial charge >= 0.3 is 5.97 Å². The molecule has 2 rings (SSSR count). The number of carboxylic acids is 1. The lowest BCUT2D eigenvalue weighted by Gasteiger charge is -2.03. The van der Waals surface area contributed by atoms with Crippen LogP contribution in [0.3, 0.4) is 0 Å². The molecule has 6 nitrogen and oxygen atoms in total. The van der Waals surface area contributed by atoms with Crippen LogP contribution in [-0.4, -0.2) is 33.1 Å². The Hall–Kier alpha value is -1.67. The van der Waals surface area contributed by atoms with E-state index in [0.29, 0.717) is 18.0 Å². The van der Waals surface area contributed by atoms with Gasteiger partial charge in [0.25, 0.3) is 5.91 Å². The van der Waals surface area contributed by atoms with Gasteiger partial charge in [-0.05, 0) is 28.1 Å². The molecular weight excluding hydrogens is 334 g/mol. The van der Waals surface area contributed by atoms with Gasteiger partial charge in [-0.1, -0.05) is 0 Å². The van der Waals surface area contributed by atoms with Crippen molar-refractivity contribution in [1.82, 2.24) is 14.9 Å². The van der Waals surface area contributed by atoms with Crippen LogP contribution in [0, 0.1) is 0 Å². The first-order valence-electron chi connectivity index (χ1n) is 5.35. The third-order valence-electron chi connectivity index (χ3n) is 2.30. The van der Waals surface area contributed by atoms with E-state index >= 15 is 0 Å². The number of hydrogen-bond donors (Lipinski definition) is 2. The van der Waals surface area contributed by atoms with E-state index in [1.807, 2.05) is 6.07 Å². The van der Waals surface area contributed by atoms with Crippen LogP contribution in [0.5, 0.6) is 0 Å². The highest BCUT2D eigenvalue weighted by molar-refractivity contribution is 9.11. The summed E-state index contributed by atoms with van der Waals surface area (Å²) in [5.74, 6) is -1.21. The highest BCUT2D eigenvalue weighted by atomic mass is 79.9. The zero-order chi connectivity index (χ0) is 13.8. The summed E-state index contributed by atoms with van der Waals surface area (Å²) in [4.78, 5) is 26.7. The molecule has 2 aromatic rings. The van der Waals surface area contributed by atoms with Crippen LogP contribution in [0.2, 0.25) is 0 Å². The van der Waals surface area contributed by atoms with Crippen molar-refractivity contribution in [3.63, 3.8) is 0 Å². The zero-order valence-electron chi connectivity index (χ0n) is 9.67. The number of halogens is 1. The normalized spacial score (nSPS) is 10.4. The second kappa shape index (κ2) is 5.98. The number of carboxylic acid groups (broad SMARTS) is 1. The fourth-order valence-electron chi connectivity index (χ4n) is 1.41. The van der Waals surface area contributed by atoms with Crippen molar-refractivity contribution in [1.29, 1.82) is 0 Å². The molecule has 2 heterocycles. The van der Waals surface area contributed by atoms with Gasteiger partial charge in [0, 0.05) is 19.3 Å². The van der Waals surface area contributed by atoms with Crippen molar-refractivity contribution in [3.8, 4) is 0 Å². The van der Waals surface area contributed by atoms with E-state index in [1.165, 1.54) is 23.9 Å². The molecule has 0 saturated carbocycles. The second-order valence-electron chi connectivity index (χ2n) is 3.66. The fraction of sp³-hybridized carbons (Fsp3) is 0.182. The molecule has 100 valence electrons. The minimum atomic E-state index is -1.06. The van der Waals surface area contributed by atoms with Gasteiger partial charge in [-0.25, -0.2) is 9.78 Å².